The highest BCUT2D eigenvalue weighted by Gasteiger charge is 2.36. The van der Waals surface area contributed by atoms with Gasteiger partial charge in [-0.3, -0.25) is 4.79 Å². The largest absolute Gasteiger partial charge is 0.396 e. The molecule has 20 heavy (non-hydrogen) atoms. The number of hydrogen-bond donors (Lipinski definition) is 1. The normalized spacial score (nSPS) is 19.4. The molecular weight excluding hydrogens is 273 g/mol. The topological polar surface area (TPSA) is 43.8 Å². The summed E-state index contributed by atoms with van der Waals surface area (Å²) >= 11 is 0. The lowest BCUT2D eigenvalue weighted by atomic mass is 9.78. The Hall–Kier alpha value is -0.820. The predicted molar refractivity (Wildman–Crippen MR) is 69.2 cm³/mol. The Kier molecular flexibility index (Phi) is 5.82. The summed E-state index contributed by atoms with van der Waals surface area (Å²) in [5.41, 5.74) is -0.246. The molecule has 7 heteroatoms. The number of hydrogen-bond acceptors (Lipinski definition) is 3. The second-order valence-corrected chi connectivity index (χ2v) is 5.89. The first-order valence-electron chi connectivity index (χ1n) is 6.78. The summed E-state index contributed by atoms with van der Waals surface area (Å²) in [6.07, 6.45) is -4.58. The smallest absolute Gasteiger partial charge is 0.389 e. The van der Waals surface area contributed by atoms with E-state index in [0.717, 1.165) is 0 Å². The summed E-state index contributed by atoms with van der Waals surface area (Å²) < 4.78 is 36.3. The molecule has 1 aliphatic rings. The third-order valence-corrected chi connectivity index (χ3v) is 3.79. The lowest BCUT2D eigenvalue weighted by Crippen LogP contribution is -2.48. The number of alkyl halides is 3. The van der Waals surface area contributed by atoms with Gasteiger partial charge in [0.1, 0.15) is 0 Å². The fourth-order valence-electron chi connectivity index (χ4n) is 2.67. The molecule has 0 atom stereocenters. The minimum absolute atomic E-state index is 0.0375. The first-order valence-corrected chi connectivity index (χ1v) is 6.78. The number of aliphatic hydroxyl groups is 1. The molecular formula is C13H23F3N2O2. The molecule has 118 valence electrons. The second-order valence-electron chi connectivity index (χ2n) is 5.89. The molecule has 1 heterocycles. The average molecular weight is 296 g/mol. The van der Waals surface area contributed by atoms with Crippen LogP contribution >= 0.6 is 0 Å². The SMILES string of the molecule is CN(C)CC1(CO)CCN(C(=O)CCC(F)(F)F)CC1. The Balaban J connectivity index is 2.46. The van der Waals surface area contributed by atoms with Crippen LogP contribution in [-0.2, 0) is 4.79 Å². The van der Waals surface area contributed by atoms with Gasteiger partial charge in [0.15, 0.2) is 0 Å². The van der Waals surface area contributed by atoms with E-state index in [-0.39, 0.29) is 12.0 Å². The van der Waals surface area contributed by atoms with Gasteiger partial charge in [0, 0.05) is 31.5 Å². The first-order chi connectivity index (χ1) is 9.17. The summed E-state index contributed by atoms with van der Waals surface area (Å²) in [7, 11) is 3.83. The van der Waals surface area contributed by atoms with Crippen LogP contribution in [0.3, 0.4) is 0 Å². The van der Waals surface area contributed by atoms with Gasteiger partial charge in [-0.1, -0.05) is 0 Å². The molecule has 0 aromatic heterocycles. The molecule has 0 aromatic carbocycles. The Morgan fingerprint density at radius 1 is 1.30 bits per heavy atom. The van der Waals surface area contributed by atoms with E-state index in [1.165, 1.54) is 4.90 Å². The maximum Gasteiger partial charge on any atom is 0.389 e. The number of aliphatic hydroxyl groups excluding tert-OH is 1. The van der Waals surface area contributed by atoms with Crippen LogP contribution in [0.4, 0.5) is 13.2 Å². The summed E-state index contributed by atoms with van der Waals surface area (Å²) in [6, 6.07) is 0. The maximum atomic E-state index is 12.1. The number of piperidine rings is 1. The van der Waals surface area contributed by atoms with Crippen molar-refractivity contribution < 1.29 is 23.1 Å². The zero-order chi connectivity index (χ0) is 15.4. The highest BCUT2D eigenvalue weighted by molar-refractivity contribution is 5.76. The van der Waals surface area contributed by atoms with E-state index >= 15 is 0 Å². The molecule has 1 fully saturated rings. The van der Waals surface area contributed by atoms with Crippen molar-refractivity contribution in [3.63, 3.8) is 0 Å². The Bertz CT molecular complexity index is 324. The van der Waals surface area contributed by atoms with Crippen molar-refractivity contribution in [2.24, 2.45) is 5.41 Å². The molecule has 1 aliphatic heterocycles. The molecule has 1 N–H and O–H groups in total. The van der Waals surface area contributed by atoms with Gasteiger partial charge in [0.05, 0.1) is 13.0 Å². The van der Waals surface area contributed by atoms with Gasteiger partial charge in [-0.25, -0.2) is 0 Å². The molecule has 0 spiro atoms. The number of carbonyl (C=O) groups is 1. The molecule has 1 saturated heterocycles. The van der Waals surface area contributed by atoms with E-state index in [1.807, 2.05) is 19.0 Å². The zero-order valence-corrected chi connectivity index (χ0v) is 12.0. The predicted octanol–water partition coefficient (Wildman–Crippen LogP) is 1.49. The van der Waals surface area contributed by atoms with Crippen LogP contribution < -0.4 is 0 Å². The minimum atomic E-state index is -4.29. The van der Waals surface area contributed by atoms with E-state index in [1.54, 1.807) is 0 Å². The number of likely N-dealkylation sites (tertiary alicyclic amines) is 1. The van der Waals surface area contributed by atoms with Crippen LogP contribution in [0.1, 0.15) is 25.7 Å². The van der Waals surface area contributed by atoms with E-state index in [2.05, 4.69) is 0 Å². The summed E-state index contributed by atoms with van der Waals surface area (Å²) in [4.78, 5) is 15.2. The van der Waals surface area contributed by atoms with Crippen molar-refractivity contribution in [2.75, 3.05) is 40.3 Å². The highest BCUT2D eigenvalue weighted by atomic mass is 19.4. The highest BCUT2D eigenvalue weighted by Crippen LogP contribution is 2.32. The van der Waals surface area contributed by atoms with Crippen molar-refractivity contribution in [3.8, 4) is 0 Å². The van der Waals surface area contributed by atoms with Crippen molar-refractivity contribution in [2.45, 2.75) is 31.9 Å². The monoisotopic (exact) mass is 296 g/mol. The number of nitrogens with zero attached hydrogens (tertiary/aromatic N) is 2. The standard InChI is InChI=1S/C13H23F3N2O2/c1-17(2)9-12(10-19)5-7-18(8-6-12)11(20)3-4-13(14,15)16/h19H,3-10H2,1-2H3. The van der Waals surface area contributed by atoms with E-state index in [4.69, 9.17) is 0 Å². The van der Waals surface area contributed by atoms with E-state index in [9.17, 15) is 23.1 Å². The van der Waals surface area contributed by atoms with Crippen molar-refractivity contribution in [1.29, 1.82) is 0 Å². The van der Waals surface area contributed by atoms with Crippen LogP contribution in [0, 0.1) is 5.41 Å². The Labute approximate surface area is 117 Å². The lowest BCUT2D eigenvalue weighted by Gasteiger charge is -2.42. The molecule has 1 rings (SSSR count). The Morgan fingerprint density at radius 3 is 2.25 bits per heavy atom. The fraction of sp³-hybridized carbons (Fsp3) is 0.923. The summed E-state index contributed by atoms with van der Waals surface area (Å²) in [6.45, 7) is 1.60. The van der Waals surface area contributed by atoms with Gasteiger partial charge in [0.2, 0.25) is 5.91 Å². The van der Waals surface area contributed by atoms with Gasteiger partial charge in [-0.2, -0.15) is 13.2 Å². The fourth-order valence-corrected chi connectivity index (χ4v) is 2.67. The number of rotatable bonds is 5. The van der Waals surface area contributed by atoms with Crippen molar-refractivity contribution >= 4 is 5.91 Å². The Morgan fingerprint density at radius 2 is 1.85 bits per heavy atom. The average Bonchev–Trinajstić information content (AvgIpc) is 2.35. The van der Waals surface area contributed by atoms with Crippen molar-refractivity contribution in [3.05, 3.63) is 0 Å². The lowest BCUT2D eigenvalue weighted by molar-refractivity contribution is -0.150. The second kappa shape index (κ2) is 6.76. The van der Waals surface area contributed by atoms with Crippen molar-refractivity contribution in [1.82, 2.24) is 9.80 Å². The molecule has 0 bridgehead atoms. The summed E-state index contributed by atoms with van der Waals surface area (Å²) in [5, 5.41) is 9.55. The third-order valence-electron chi connectivity index (χ3n) is 3.79. The zero-order valence-electron chi connectivity index (χ0n) is 12.0. The van der Waals surface area contributed by atoms with Gasteiger partial charge in [0.25, 0.3) is 0 Å². The number of carbonyl (C=O) groups excluding carboxylic acids is 1. The quantitative estimate of drug-likeness (QED) is 0.836. The van der Waals surface area contributed by atoms with Crippen LogP contribution in [0.5, 0.6) is 0 Å². The number of halogens is 3. The van der Waals surface area contributed by atoms with Gasteiger partial charge >= 0.3 is 6.18 Å². The molecule has 0 aliphatic carbocycles. The molecule has 0 unspecified atom stereocenters. The van der Waals surface area contributed by atoms with Crippen LogP contribution in [-0.4, -0.2) is 67.3 Å². The molecule has 1 amide bonds. The number of amides is 1. The summed E-state index contributed by atoms with van der Waals surface area (Å²) in [5.74, 6) is -0.446. The van der Waals surface area contributed by atoms with Gasteiger partial charge < -0.3 is 14.9 Å². The molecule has 0 aromatic rings. The first kappa shape index (κ1) is 17.2. The van der Waals surface area contributed by atoms with Crippen LogP contribution in [0.25, 0.3) is 0 Å². The molecule has 0 radical (unpaired) electrons. The third kappa shape index (κ3) is 5.28. The molecule has 0 saturated carbocycles. The maximum absolute atomic E-state index is 12.1. The van der Waals surface area contributed by atoms with Crippen LogP contribution in [0.2, 0.25) is 0 Å². The van der Waals surface area contributed by atoms with E-state index < -0.39 is 24.9 Å². The van der Waals surface area contributed by atoms with Gasteiger partial charge in [-0.15, -0.1) is 0 Å². The van der Waals surface area contributed by atoms with Gasteiger partial charge in [-0.05, 0) is 26.9 Å². The van der Waals surface area contributed by atoms with Crippen LogP contribution in [0.15, 0.2) is 0 Å². The molecule has 4 nitrogen and oxygen atoms in total. The van der Waals surface area contributed by atoms with E-state index in [0.29, 0.717) is 32.5 Å². The minimum Gasteiger partial charge on any atom is -0.396 e.